The molecule has 24 heavy (non-hydrogen) atoms. The van der Waals surface area contributed by atoms with E-state index in [-0.39, 0.29) is 23.6 Å². The number of allylic oxidation sites excluding steroid dienone is 1. The second-order valence-corrected chi connectivity index (χ2v) is 7.04. The third-order valence-corrected chi connectivity index (χ3v) is 3.90. The molecule has 5 nitrogen and oxygen atoms in total. The fourth-order valence-electron chi connectivity index (χ4n) is 2.62. The Kier molecular flexibility index (Phi) is 5.65. The van der Waals surface area contributed by atoms with Gasteiger partial charge in [-0.25, -0.2) is 4.79 Å². The third kappa shape index (κ3) is 5.11. The van der Waals surface area contributed by atoms with Gasteiger partial charge in [0.25, 0.3) is 0 Å². The molecule has 0 radical (unpaired) electrons. The molecule has 1 saturated heterocycles. The van der Waals surface area contributed by atoms with Gasteiger partial charge in [0.1, 0.15) is 11.4 Å². The number of amides is 1. The molecule has 1 fully saturated rings. The van der Waals surface area contributed by atoms with E-state index in [1.165, 1.54) is 6.08 Å². The number of benzene rings is 1. The summed E-state index contributed by atoms with van der Waals surface area (Å²) in [5.74, 6) is -0.287. The molecular formula is C19H25NO4. The highest BCUT2D eigenvalue weighted by atomic mass is 16.6. The van der Waals surface area contributed by atoms with Crippen molar-refractivity contribution in [1.82, 2.24) is 4.90 Å². The molecular weight excluding hydrogens is 306 g/mol. The molecule has 1 aromatic rings. The summed E-state index contributed by atoms with van der Waals surface area (Å²) in [4.78, 5) is 26.0. The zero-order chi connectivity index (χ0) is 17.7. The monoisotopic (exact) mass is 331 g/mol. The Morgan fingerprint density at radius 1 is 1.17 bits per heavy atom. The predicted octanol–water partition coefficient (Wildman–Crippen LogP) is 3.80. The first kappa shape index (κ1) is 18.0. The van der Waals surface area contributed by atoms with Gasteiger partial charge in [-0.1, -0.05) is 30.3 Å². The van der Waals surface area contributed by atoms with E-state index in [2.05, 4.69) is 0 Å². The van der Waals surface area contributed by atoms with Gasteiger partial charge in [0.2, 0.25) is 0 Å². The minimum Gasteiger partial charge on any atom is -0.507 e. The number of ketones is 1. The number of carbonyl (C=O) groups is 2. The van der Waals surface area contributed by atoms with Crippen molar-refractivity contribution in [2.75, 3.05) is 13.1 Å². The molecule has 2 rings (SSSR count). The van der Waals surface area contributed by atoms with Crippen LogP contribution in [0.2, 0.25) is 0 Å². The summed E-state index contributed by atoms with van der Waals surface area (Å²) in [5.41, 5.74) is 0.102. The predicted molar refractivity (Wildman–Crippen MR) is 92.6 cm³/mol. The SMILES string of the molecule is CC(C)(C)OC(=O)N1CCC(C(=O)/C=C(\O)c2ccccc2)CC1. The van der Waals surface area contributed by atoms with Crippen molar-refractivity contribution in [2.24, 2.45) is 5.92 Å². The molecule has 1 N–H and O–H groups in total. The maximum Gasteiger partial charge on any atom is 0.410 e. The van der Waals surface area contributed by atoms with Crippen molar-refractivity contribution in [1.29, 1.82) is 0 Å². The van der Waals surface area contributed by atoms with Gasteiger partial charge >= 0.3 is 6.09 Å². The van der Waals surface area contributed by atoms with E-state index in [9.17, 15) is 14.7 Å². The third-order valence-electron chi connectivity index (χ3n) is 3.90. The summed E-state index contributed by atoms with van der Waals surface area (Å²) in [7, 11) is 0. The van der Waals surface area contributed by atoms with E-state index < -0.39 is 5.60 Å². The molecule has 1 aromatic carbocycles. The van der Waals surface area contributed by atoms with Crippen LogP contribution in [0.5, 0.6) is 0 Å². The Hall–Kier alpha value is -2.30. The minimum absolute atomic E-state index is 0.0184. The van der Waals surface area contributed by atoms with Crippen LogP contribution < -0.4 is 0 Å². The van der Waals surface area contributed by atoms with Crippen LogP contribution in [0.4, 0.5) is 4.79 Å². The van der Waals surface area contributed by atoms with E-state index in [4.69, 9.17) is 4.74 Å². The van der Waals surface area contributed by atoms with Gasteiger partial charge < -0.3 is 14.7 Å². The van der Waals surface area contributed by atoms with E-state index in [0.29, 0.717) is 31.5 Å². The Labute approximate surface area is 142 Å². The largest absolute Gasteiger partial charge is 0.507 e. The van der Waals surface area contributed by atoms with Crippen LogP contribution >= 0.6 is 0 Å². The second-order valence-electron chi connectivity index (χ2n) is 7.04. The Morgan fingerprint density at radius 2 is 1.75 bits per heavy atom. The first-order chi connectivity index (χ1) is 11.3. The lowest BCUT2D eigenvalue weighted by Crippen LogP contribution is -2.42. The standard InChI is InChI=1S/C19H25NO4/c1-19(2,3)24-18(23)20-11-9-15(10-12-20)17(22)13-16(21)14-7-5-4-6-8-14/h4-8,13,15,21H,9-12H2,1-3H3/b16-13-. The van der Waals surface area contributed by atoms with Crippen LogP contribution in [0, 0.1) is 5.92 Å². The summed E-state index contributed by atoms with van der Waals surface area (Å²) in [6.07, 6.45) is 2.12. The van der Waals surface area contributed by atoms with E-state index >= 15 is 0 Å². The molecule has 1 aliphatic heterocycles. The Morgan fingerprint density at radius 3 is 2.29 bits per heavy atom. The normalized spacial score (nSPS) is 16.8. The lowest BCUT2D eigenvalue weighted by Gasteiger charge is -2.32. The van der Waals surface area contributed by atoms with Gasteiger partial charge in [0, 0.05) is 30.6 Å². The molecule has 1 aliphatic rings. The van der Waals surface area contributed by atoms with Crippen LogP contribution in [0.1, 0.15) is 39.2 Å². The van der Waals surface area contributed by atoms with Crippen LogP contribution in [0.25, 0.3) is 5.76 Å². The minimum atomic E-state index is -0.520. The quantitative estimate of drug-likeness (QED) is 0.676. The molecule has 130 valence electrons. The maximum atomic E-state index is 12.3. The molecule has 0 spiro atoms. The van der Waals surface area contributed by atoms with Crippen molar-refractivity contribution >= 4 is 17.6 Å². The fourth-order valence-corrected chi connectivity index (χ4v) is 2.62. The number of aliphatic hydroxyl groups excluding tert-OH is 1. The number of ether oxygens (including phenoxy) is 1. The van der Waals surface area contributed by atoms with Gasteiger partial charge in [-0.2, -0.15) is 0 Å². The molecule has 0 aromatic heterocycles. The summed E-state index contributed by atoms with van der Waals surface area (Å²) in [5, 5.41) is 10.0. The van der Waals surface area contributed by atoms with Crippen molar-refractivity contribution in [3.63, 3.8) is 0 Å². The lowest BCUT2D eigenvalue weighted by molar-refractivity contribution is -0.119. The van der Waals surface area contributed by atoms with E-state index in [0.717, 1.165) is 0 Å². The smallest absolute Gasteiger partial charge is 0.410 e. The molecule has 0 aliphatic carbocycles. The zero-order valence-electron chi connectivity index (χ0n) is 14.5. The molecule has 5 heteroatoms. The summed E-state index contributed by atoms with van der Waals surface area (Å²) in [6.45, 7) is 6.48. The van der Waals surface area contributed by atoms with Crippen molar-refractivity contribution in [2.45, 2.75) is 39.2 Å². The van der Waals surface area contributed by atoms with Crippen molar-refractivity contribution in [3.8, 4) is 0 Å². The molecule has 1 amide bonds. The fraction of sp³-hybridized carbons (Fsp3) is 0.474. The van der Waals surface area contributed by atoms with Gasteiger partial charge in [0.05, 0.1) is 0 Å². The summed E-state index contributed by atoms with van der Waals surface area (Å²) >= 11 is 0. The number of aliphatic hydroxyl groups is 1. The lowest BCUT2D eigenvalue weighted by atomic mass is 9.92. The summed E-state index contributed by atoms with van der Waals surface area (Å²) in [6, 6.07) is 8.98. The number of piperidine rings is 1. The first-order valence-electron chi connectivity index (χ1n) is 8.24. The van der Waals surface area contributed by atoms with E-state index in [1.54, 1.807) is 17.0 Å². The van der Waals surface area contributed by atoms with Crippen molar-refractivity contribution < 1.29 is 19.4 Å². The number of carbonyl (C=O) groups excluding carboxylic acids is 2. The number of hydrogen-bond donors (Lipinski definition) is 1. The van der Waals surface area contributed by atoms with Gasteiger partial charge in [-0.05, 0) is 33.6 Å². The highest BCUT2D eigenvalue weighted by molar-refractivity contribution is 5.97. The second kappa shape index (κ2) is 7.51. The highest BCUT2D eigenvalue weighted by Crippen LogP contribution is 2.22. The average molecular weight is 331 g/mol. The van der Waals surface area contributed by atoms with Crippen LogP contribution in [0.15, 0.2) is 36.4 Å². The first-order valence-corrected chi connectivity index (χ1v) is 8.24. The van der Waals surface area contributed by atoms with Crippen LogP contribution in [0.3, 0.4) is 0 Å². The Bertz CT molecular complexity index is 608. The number of nitrogens with zero attached hydrogens (tertiary/aromatic N) is 1. The molecule has 0 atom stereocenters. The number of likely N-dealkylation sites (tertiary alicyclic amines) is 1. The van der Waals surface area contributed by atoms with Crippen molar-refractivity contribution in [3.05, 3.63) is 42.0 Å². The molecule has 1 heterocycles. The van der Waals surface area contributed by atoms with Gasteiger partial charge in [-0.3, -0.25) is 4.79 Å². The van der Waals surface area contributed by atoms with Gasteiger partial charge in [0.15, 0.2) is 5.78 Å². The van der Waals surface area contributed by atoms with Crippen LogP contribution in [-0.4, -0.2) is 40.6 Å². The molecule has 0 bridgehead atoms. The average Bonchev–Trinajstić information content (AvgIpc) is 2.54. The maximum absolute atomic E-state index is 12.3. The molecule has 0 unspecified atom stereocenters. The van der Waals surface area contributed by atoms with Crippen LogP contribution in [-0.2, 0) is 9.53 Å². The summed E-state index contributed by atoms with van der Waals surface area (Å²) < 4.78 is 5.35. The number of hydrogen-bond acceptors (Lipinski definition) is 4. The zero-order valence-corrected chi connectivity index (χ0v) is 14.5. The molecule has 0 saturated carbocycles. The number of rotatable bonds is 3. The highest BCUT2D eigenvalue weighted by Gasteiger charge is 2.29. The Balaban J connectivity index is 1.90. The van der Waals surface area contributed by atoms with E-state index in [1.807, 2.05) is 39.0 Å². The van der Waals surface area contributed by atoms with Gasteiger partial charge in [-0.15, -0.1) is 0 Å². The topological polar surface area (TPSA) is 66.8 Å².